The molecule has 0 radical (unpaired) electrons. The third-order valence-corrected chi connectivity index (χ3v) is 3.85. The lowest BCUT2D eigenvalue weighted by Crippen LogP contribution is -2.37. The van der Waals surface area contributed by atoms with Gasteiger partial charge in [-0.3, -0.25) is 4.79 Å². The van der Waals surface area contributed by atoms with Crippen molar-refractivity contribution in [3.8, 4) is 0 Å². The summed E-state index contributed by atoms with van der Waals surface area (Å²) in [6, 6.07) is 1.79. The molecule has 1 atom stereocenters. The Hall–Kier alpha value is -1.14. The van der Waals surface area contributed by atoms with Gasteiger partial charge in [-0.05, 0) is 41.3 Å². The molecule has 0 aromatic carbocycles. The Balaban J connectivity index is 2.07. The van der Waals surface area contributed by atoms with Crippen LogP contribution in [-0.2, 0) is 4.74 Å². The van der Waals surface area contributed by atoms with Gasteiger partial charge in [0.1, 0.15) is 5.82 Å². The van der Waals surface area contributed by atoms with E-state index in [1.165, 1.54) is 6.42 Å². The molecule has 110 valence electrons. The van der Waals surface area contributed by atoms with Gasteiger partial charge in [0.05, 0.1) is 11.7 Å². The summed E-state index contributed by atoms with van der Waals surface area (Å²) in [7, 11) is 3.57. The number of carbonyl (C=O) groups is 1. The van der Waals surface area contributed by atoms with Gasteiger partial charge in [-0.25, -0.2) is 4.98 Å². The van der Waals surface area contributed by atoms with Crippen LogP contribution in [0.2, 0.25) is 0 Å². The Kier molecular flexibility index (Phi) is 5.37. The summed E-state index contributed by atoms with van der Waals surface area (Å²) < 4.78 is 6.47. The first kappa shape index (κ1) is 15.3. The van der Waals surface area contributed by atoms with Gasteiger partial charge < -0.3 is 15.0 Å². The van der Waals surface area contributed by atoms with Crippen LogP contribution in [-0.4, -0.2) is 49.1 Å². The molecule has 2 heterocycles. The predicted octanol–water partition coefficient (Wildman–Crippen LogP) is 2.53. The van der Waals surface area contributed by atoms with E-state index in [1.54, 1.807) is 31.3 Å². The minimum atomic E-state index is -0.0441. The van der Waals surface area contributed by atoms with Crippen molar-refractivity contribution in [2.24, 2.45) is 0 Å². The fraction of sp³-hybridized carbons (Fsp3) is 0.571. The smallest absolute Gasteiger partial charge is 0.257 e. The van der Waals surface area contributed by atoms with E-state index in [1.807, 2.05) is 0 Å². The number of rotatable bonds is 4. The Labute approximate surface area is 127 Å². The van der Waals surface area contributed by atoms with E-state index in [2.05, 4.69) is 26.2 Å². The SMILES string of the molecule is CNc1ncc(Br)cc1C(=O)N(C)CC1CCCCO1. The topological polar surface area (TPSA) is 54.5 Å². The molecule has 0 spiro atoms. The minimum absolute atomic E-state index is 0.0441. The van der Waals surface area contributed by atoms with Gasteiger partial charge in [0.15, 0.2) is 0 Å². The first-order valence-electron chi connectivity index (χ1n) is 6.82. The van der Waals surface area contributed by atoms with Crippen molar-refractivity contribution in [2.75, 3.05) is 32.6 Å². The van der Waals surface area contributed by atoms with Gasteiger partial charge in [-0.1, -0.05) is 0 Å². The highest BCUT2D eigenvalue weighted by Gasteiger charge is 2.22. The number of nitrogens with one attached hydrogen (secondary N) is 1. The molecule has 1 N–H and O–H groups in total. The molecule has 2 rings (SSSR count). The number of nitrogens with zero attached hydrogens (tertiary/aromatic N) is 2. The van der Waals surface area contributed by atoms with Crippen molar-refractivity contribution in [2.45, 2.75) is 25.4 Å². The quantitative estimate of drug-likeness (QED) is 0.914. The standard InChI is InChI=1S/C14H20BrN3O2/c1-16-13-12(7-10(15)8-17-13)14(19)18(2)9-11-5-3-4-6-20-11/h7-8,11H,3-6,9H2,1-2H3,(H,16,17). The van der Waals surface area contributed by atoms with E-state index in [-0.39, 0.29) is 12.0 Å². The molecule has 1 aromatic heterocycles. The van der Waals surface area contributed by atoms with Crippen LogP contribution in [0.3, 0.4) is 0 Å². The van der Waals surface area contributed by atoms with Crippen molar-refractivity contribution in [3.05, 3.63) is 22.3 Å². The highest BCUT2D eigenvalue weighted by atomic mass is 79.9. The molecule has 1 aromatic rings. The monoisotopic (exact) mass is 341 g/mol. The molecule has 0 bridgehead atoms. The van der Waals surface area contributed by atoms with E-state index in [4.69, 9.17) is 4.74 Å². The van der Waals surface area contributed by atoms with Crippen molar-refractivity contribution in [1.82, 2.24) is 9.88 Å². The van der Waals surface area contributed by atoms with Crippen LogP contribution in [0.5, 0.6) is 0 Å². The summed E-state index contributed by atoms with van der Waals surface area (Å²) in [5, 5.41) is 2.95. The Morgan fingerprint density at radius 3 is 3.05 bits per heavy atom. The third-order valence-electron chi connectivity index (χ3n) is 3.42. The Bertz CT molecular complexity index is 475. The number of anilines is 1. The van der Waals surface area contributed by atoms with Crippen LogP contribution in [0.25, 0.3) is 0 Å². The van der Waals surface area contributed by atoms with Gasteiger partial charge in [0.2, 0.25) is 0 Å². The van der Waals surface area contributed by atoms with Crippen molar-refractivity contribution in [1.29, 1.82) is 0 Å². The maximum Gasteiger partial charge on any atom is 0.257 e. The van der Waals surface area contributed by atoms with Crippen LogP contribution in [0.1, 0.15) is 29.6 Å². The van der Waals surface area contributed by atoms with E-state index in [9.17, 15) is 4.79 Å². The average Bonchev–Trinajstić information content (AvgIpc) is 2.47. The molecule has 6 heteroatoms. The molecule has 0 aliphatic carbocycles. The molecule has 1 fully saturated rings. The minimum Gasteiger partial charge on any atom is -0.376 e. The molecule has 20 heavy (non-hydrogen) atoms. The zero-order chi connectivity index (χ0) is 14.5. The first-order chi connectivity index (χ1) is 9.61. The van der Waals surface area contributed by atoms with Gasteiger partial charge in [-0.15, -0.1) is 0 Å². The number of amides is 1. The molecular weight excluding hydrogens is 322 g/mol. The summed E-state index contributed by atoms with van der Waals surface area (Å²) in [5.74, 6) is 0.548. The molecule has 1 amide bonds. The second kappa shape index (κ2) is 7.04. The number of likely N-dealkylation sites (N-methyl/N-ethyl adjacent to an activating group) is 1. The summed E-state index contributed by atoms with van der Waals surface area (Å²) in [6.07, 6.45) is 5.14. The molecular formula is C14H20BrN3O2. The number of pyridine rings is 1. The lowest BCUT2D eigenvalue weighted by atomic mass is 10.1. The fourth-order valence-electron chi connectivity index (χ4n) is 2.35. The molecule has 5 nitrogen and oxygen atoms in total. The van der Waals surface area contributed by atoms with Gasteiger partial charge in [0, 0.05) is 37.9 Å². The Morgan fingerprint density at radius 2 is 2.40 bits per heavy atom. The van der Waals surface area contributed by atoms with Crippen LogP contribution >= 0.6 is 15.9 Å². The highest BCUT2D eigenvalue weighted by molar-refractivity contribution is 9.10. The van der Waals surface area contributed by atoms with Crippen LogP contribution in [0.15, 0.2) is 16.7 Å². The van der Waals surface area contributed by atoms with Crippen LogP contribution in [0, 0.1) is 0 Å². The summed E-state index contributed by atoms with van der Waals surface area (Å²) in [5.41, 5.74) is 0.570. The second-order valence-corrected chi connectivity index (χ2v) is 5.89. The predicted molar refractivity (Wildman–Crippen MR) is 82.0 cm³/mol. The molecule has 0 saturated carbocycles. The summed E-state index contributed by atoms with van der Waals surface area (Å²) >= 11 is 3.36. The lowest BCUT2D eigenvalue weighted by molar-refractivity contribution is -0.000178. The normalized spacial score (nSPS) is 18.6. The fourth-order valence-corrected chi connectivity index (χ4v) is 2.68. The van der Waals surface area contributed by atoms with E-state index in [0.717, 1.165) is 23.9 Å². The average molecular weight is 342 g/mol. The second-order valence-electron chi connectivity index (χ2n) is 4.97. The van der Waals surface area contributed by atoms with Crippen molar-refractivity contribution >= 4 is 27.7 Å². The molecule has 1 unspecified atom stereocenters. The maximum absolute atomic E-state index is 12.5. The van der Waals surface area contributed by atoms with Gasteiger partial charge in [0.25, 0.3) is 5.91 Å². The van der Waals surface area contributed by atoms with Gasteiger partial charge in [-0.2, -0.15) is 0 Å². The number of ether oxygens (including phenoxy) is 1. The molecule has 1 aliphatic rings. The first-order valence-corrected chi connectivity index (χ1v) is 7.61. The van der Waals surface area contributed by atoms with E-state index >= 15 is 0 Å². The number of carbonyl (C=O) groups excluding carboxylic acids is 1. The van der Waals surface area contributed by atoms with Crippen molar-refractivity contribution in [3.63, 3.8) is 0 Å². The van der Waals surface area contributed by atoms with E-state index < -0.39 is 0 Å². The van der Waals surface area contributed by atoms with E-state index in [0.29, 0.717) is 17.9 Å². The van der Waals surface area contributed by atoms with Crippen LogP contribution in [0.4, 0.5) is 5.82 Å². The number of halogens is 1. The third kappa shape index (κ3) is 3.70. The lowest BCUT2D eigenvalue weighted by Gasteiger charge is -2.27. The largest absolute Gasteiger partial charge is 0.376 e. The zero-order valence-corrected chi connectivity index (χ0v) is 13.4. The number of hydrogen-bond acceptors (Lipinski definition) is 4. The van der Waals surface area contributed by atoms with Gasteiger partial charge >= 0.3 is 0 Å². The summed E-state index contributed by atoms with van der Waals surface area (Å²) in [4.78, 5) is 18.4. The molecule has 1 aliphatic heterocycles. The molecule has 1 saturated heterocycles. The highest BCUT2D eigenvalue weighted by Crippen LogP contribution is 2.20. The van der Waals surface area contributed by atoms with Crippen molar-refractivity contribution < 1.29 is 9.53 Å². The number of hydrogen-bond donors (Lipinski definition) is 1. The van der Waals surface area contributed by atoms with Crippen LogP contribution < -0.4 is 5.32 Å². The zero-order valence-electron chi connectivity index (χ0n) is 11.9. The maximum atomic E-state index is 12.5. The number of aromatic nitrogens is 1. The Morgan fingerprint density at radius 1 is 1.60 bits per heavy atom. The summed E-state index contributed by atoms with van der Waals surface area (Å²) in [6.45, 7) is 1.42.